The zero-order chi connectivity index (χ0) is 75.6. The lowest BCUT2D eigenvalue weighted by molar-refractivity contribution is -0.0811. The summed E-state index contributed by atoms with van der Waals surface area (Å²) in [7, 11) is -24.9. The molecule has 1 N–H and O–H groups in total. The summed E-state index contributed by atoms with van der Waals surface area (Å²) in [5.41, 5.74) is -0.977. The van der Waals surface area contributed by atoms with Gasteiger partial charge in [0.15, 0.2) is 23.1 Å². The van der Waals surface area contributed by atoms with Gasteiger partial charge in [0.1, 0.15) is 17.2 Å². The Morgan fingerprint density at radius 3 is 0.922 bits per heavy atom. The summed E-state index contributed by atoms with van der Waals surface area (Å²) in [6, 6.07) is 23.7. The van der Waals surface area contributed by atoms with Gasteiger partial charge in [0.2, 0.25) is 70.2 Å². The van der Waals surface area contributed by atoms with E-state index in [-0.39, 0.29) is 138 Å². The van der Waals surface area contributed by atoms with Crippen molar-refractivity contribution in [1.29, 1.82) is 0 Å². The van der Waals surface area contributed by atoms with Gasteiger partial charge in [-0.25, -0.2) is 58.9 Å². The second-order valence-corrected chi connectivity index (χ2v) is 42.3. The zero-order valence-corrected chi connectivity index (χ0v) is 65.5. The van der Waals surface area contributed by atoms with Crippen LogP contribution in [-0.2, 0) is 84.4 Å². The Morgan fingerprint density at radius 1 is 0.408 bits per heavy atom. The molecule has 0 saturated carbocycles. The Kier molecular flexibility index (Phi) is 25.6. The molecule has 37 heteroatoms. The maximum atomic E-state index is 12.9. The van der Waals surface area contributed by atoms with Crippen molar-refractivity contribution >= 4 is 105 Å². The minimum Gasteiger partial charge on any atom is -0.358 e. The first kappa shape index (κ1) is 82.2. The smallest absolute Gasteiger partial charge is 0.243 e. The lowest BCUT2D eigenvalue weighted by atomic mass is 10.0. The molecule has 8 aliphatic rings. The van der Waals surface area contributed by atoms with Crippen LogP contribution in [0.1, 0.15) is 141 Å². The number of ketones is 4. The molecule has 8 aliphatic heterocycles. The Labute approximate surface area is 610 Å². The van der Waals surface area contributed by atoms with Crippen molar-refractivity contribution in [2.45, 2.75) is 147 Å². The summed E-state index contributed by atoms with van der Waals surface area (Å²) >= 11 is 1.91. The summed E-state index contributed by atoms with van der Waals surface area (Å²) in [5.74, 6) is 0.631. The van der Waals surface area contributed by atoms with Crippen molar-refractivity contribution in [2.75, 3.05) is 116 Å². The quantitative estimate of drug-likeness (QED) is 0.138. The first-order valence-corrected chi connectivity index (χ1v) is 45.6. The molecule has 0 unspecified atom stereocenters. The van der Waals surface area contributed by atoms with Crippen molar-refractivity contribution in [3.05, 3.63) is 119 Å². The third-order valence-electron chi connectivity index (χ3n) is 19.9. The predicted octanol–water partition coefficient (Wildman–Crippen LogP) is 4.86. The van der Waals surface area contributed by atoms with Gasteiger partial charge in [-0.15, -0.1) is 11.8 Å². The summed E-state index contributed by atoms with van der Waals surface area (Å²) in [6.45, 7) is 15.5. The molecule has 8 saturated heterocycles. The largest absolute Gasteiger partial charge is 0.358 e. The van der Waals surface area contributed by atoms with Gasteiger partial charge in [0, 0.05) is 145 Å². The first-order chi connectivity index (χ1) is 48.1. The highest BCUT2D eigenvalue weighted by Crippen LogP contribution is 2.42. The SMILES string of the molecule is CC(=O)c1ccc(S(=O)(=O)N2CCC3(CC2)NCCS3)cc1.CC(=O)c1ccc(S(=O)(=O)N2CCC3(CC2)OCCN3S(=O)(=O)C(C)C)cc1.CC(=O)c1ccc(S(=O)(=O)N2CCC3(CC2)OCCN3S(C)(=O)=O)cc1.CCS(=O)(=O)N1CCOC12CCN(S(=O)(=O)c1ccc(C(C)=O)cc1)CC2. The molecule has 4 aromatic rings. The van der Waals surface area contributed by atoms with Crippen molar-refractivity contribution in [1.82, 2.24) is 35.5 Å². The fourth-order valence-corrected chi connectivity index (χ4v) is 25.1. The van der Waals surface area contributed by atoms with Crippen LogP contribution in [0.4, 0.5) is 0 Å². The number of piperidine rings is 4. The number of nitrogens with one attached hydrogen (secondary N) is 1. The van der Waals surface area contributed by atoms with Crippen LogP contribution in [-0.4, -0.2) is 256 Å². The van der Waals surface area contributed by atoms with E-state index in [0.717, 1.165) is 31.4 Å². The van der Waals surface area contributed by atoms with E-state index in [1.807, 2.05) is 11.8 Å². The molecule has 0 aliphatic carbocycles. The van der Waals surface area contributed by atoms with Crippen molar-refractivity contribution < 1.29 is 92.3 Å². The Hall–Kier alpha value is -4.88. The van der Waals surface area contributed by atoms with E-state index < -0.39 is 92.6 Å². The predicted molar refractivity (Wildman–Crippen MR) is 385 cm³/mol. The van der Waals surface area contributed by atoms with Crippen LogP contribution in [0.2, 0.25) is 0 Å². The minimum absolute atomic E-state index is 0.0113. The van der Waals surface area contributed by atoms with E-state index in [9.17, 15) is 78.1 Å². The molecule has 103 heavy (non-hydrogen) atoms. The van der Waals surface area contributed by atoms with Crippen LogP contribution >= 0.6 is 11.8 Å². The second kappa shape index (κ2) is 32.1. The van der Waals surface area contributed by atoms with Gasteiger partial charge in [-0.1, -0.05) is 48.5 Å². The van der Waals surface area contributed by atoms with Crippen molar-refractivity contribution in [3.8, 4) is 0 Å². The third kappa shape index (κ3) is 17.8. The van der Waals surface area contributed by atoms with Crippen LogP contribution in [0, 0.1) is 0 Å². The number of hydrogen-bond donors (Lipinski definition) is 1. The molecular weight excluding hydrogens is 1500 g/mol. The number of sulfonamides is 7. The summed E-state index contributed by atoms with van der Waals surface area (Å²) in [4.78, 5) is 46.1. The average molecular weight is 1590 g/mol. The van der Waals surface area contributed by atoms with E-state index in [1.165, 1.54) is 138 Å². The molecule has 0 atom stereocenters. The summed E-state index contributed by atoms with van der Waals surface area (Å²) in [5, 5.41) is 2.95. The monoisotopic (exact) mass is 1590 g/mol. The van der Waals surface area contributed by atoms with Gasteiger partial charge in [-0.2, -0.15) is 30.1 Å². The number of benzene rings is 4. The number of nitrogens with zero attached hydrogens (tertiary/aromatic N) is 7. The van der Waals surface area contributed by atoms with Crippen LogP contribution in [0.25, 0.3) is 0 Å². The molecule has 12 rings (SSSR count). The molecule has 4 spiro atoms. The average Bonchev–Trinajstić information content (AvgIpc) is 1.69. The van der Waals surface area contributed by atoms with Gasteiger partial charge in [0.25, 0.3) is 0 Å². The maximum absolute atomic E-state index is 12.9. The molecule has 8 fully saturated rings. The number of rotatable bonds is 17. The topological polar surface area (TPSA) is 370 Å². The van der Waals surface area contributed by atoms with Gasteiger partial charge in [-0.05, 0) is 110 Å². The van der Waals surface area contributed by atoms with Crippen molar-refractivity contribution in [2.24, 2.45) is 0 Å². The Balaban J connectivity index is 0.000000160. The maximum Gasteiger partial charge on any atom is 0.243 e. The van der Waals surface area contributed by atoms with Crippen LogP contribution < -0.4 is 5.32 Å². The molecule has 0 amide bonds. The number of thioether (sulfide) groups is 1. The number of carbonyl (C=O) groups is 4. The zero-order valence-electron chi connectivity index (χ0n) is 59.0. The summed E-state index contributed by atoms with van der Waals surface area (Å²) < 4.78 is 204. The molecule has 570 valence electrons. The first-order valence-electron chi connectivity index (χ1n) is 33.9. The Bertz CT molecular complexity index is 4590. The van der Waals surface area contributed by atoms with Gasteiger partial charge in [0.05, 0.1) is 61.5 Å². The normalized spacial score (nSPS) is 21.7. The summed E-state index contributed by atoms with van der Waals surface area (Å²) in [6.07, 6.45) is 4.52. The van der Waals surface area contributed by atoms with Crippen molar-refractivity contribution in [3.63, 3.8) is 0 Å². The van der Waals surface area contributed by atoms with E-state index in [4.69, 9.17) is 14.2 Å². The fourth-order valence-electron chi connectivity index (χ4n) is 13.8. The van der Waals surface area contributed by atoms with Gasteiger partial charge >= 0.3 is 0 Å². The highest BCUT2D eigenvalue weighted by molar-refractivity contribution is 8.00. The third-order valence-corrected chi connectivity index (χ3v) is 34.6. The molecule has 29 nitrogen and oxygen atoms in total. The number of Topliss-reactive ketones (excluding diaryl/α,β-unsaturated/α-hetero) is 4. The highest BCUT2D eigenvalue weighted by atomic mass is 32.2. The van der Waals surface area contributed by atoms with Crippen LogP contribution in [0.5, 0.6) is 0 Å². The fraction of sp³-hybridized carbons (Fsp3) is 0.576. The highest BCUT2D eigenvalue weighted by Gasteiger charge is 2.54. The minimum atomic E-state index is -3.72. The molecular formula is C66H92N8O21S8. The molecule has 0 radical (unpaired) electrons. The van der Waals surface area contributed by atoms with Crippen LogP contribution in [0.15, 0.2) is 117 Å². The number of ether oxygens (including phenoxy) is 3. The molecule has 4 aromatic carbocycles. The van der Waals surface area contributed by atoms with Gasteiger partial charge < -0.3 is 19.5 Å². The Morgan fingerprint density at radius 2 is 0.670 bits per heavy atom. The van der Waals surface area contributed by atoms with E-state index in [0.29, 0.717) is 68.3 Å². The van der Waals surface area contributed by atoms with Gasteiger partial charge in [-0.3, -0.25) is 19.2 Å². The standard InChI is InChI=1S/C18H26N2O6S2.C17H24N2O6S2.C16H22N2O6S2.C15H20N2O3S2/c1-14(2)27(22,23)20-12-13-26-18(20)8-10-19(11-9-18)28(24,25)17-6-4-16(5-7-17)15(3)21;1-3-26(21,22)19-12-13-25-17(19)8-10-18(11-9-17)27(23,24)16-6-4-15(5-7-16)14(2)20;1-13(19)14-3-5-15(6-4-14)26(22,23)17-9-7-16(8-10-17)18(11-12-24-16)25(2,20)21;1-12(18)13-2-4-14(5-3-13)22(19,20)17-9-6-15(7-10-17)16-8-11-21-15/h4-7,14H,8-13H2,1-3H3;4-7H,3,8-13H2,1-2H3;3-6H,7-12H2,1-2H3;2-5,16H,6-11H2,1H3. The number of carbonyl (C=O) groups excluding carboxylic acids is 4. The van der Waals surface area contributed by atoms with E-state index in [1.54, 1.807) is 37.2 Å². The molecule has 0 bridgehead atoms. The van der Waals surface area contributed by atoms with Crippen LogP contribution in [0.3, 0.4) is 0 Å². The molecule has 8 heterocycles. The lowest BCUT2D eigenvalue weighted by Crippen LogP contribution is -2.56. The van der Waals surface area contributed by atoms with E-state index in [2.05, 4.69) is 5.32 Å². The lowest BCUT2D eigenvalue weighted by Gasteiger charge is -2.42. The van der Waals surface area contributed by atoms with E-state index >= 15 is 0 Å². The number of hydrogen-bond acceptors (Lipinski definition) is 23. The molecule has 0 aromatic heterocycles. The second-order valence-electron chi connectivity index (χ2n) is 26.6.